The van der Waals surface area contributed by atoms with E-state index in [2.05, 4.69) is 11.2 Å². The molecule has 3 N–H and O–H groups in total. The van der Waals surface area contributed by atoms with Crippen molar-refractivity contribution < 1.29 is 5.11 Å². The molecule has 0 radical (unpaired) electrons. The Balaban J connectivity index is 2.02. The van der Waals surface area contributed by atoms with Gasteiger partial charge >= 0.3 is 0 Å². The third-order valence-corrected chi connectivity index (χ3v) is 4.76. The molecule has 1 aliphatic rings. The fraction of sp³-hybridized carbons (Fsp3) is 0.750. The smallest absolute Gasteiger partial charge is 0.0942 e. The summed E-state index contributed by atoms with van der Waals surface area (Å²) in [6.07, 6.45) is 4.10. The van der Waals surface area contributed by atoms with Gasteiger partial charge in [-0.15, -0.1) is 11.8 Å². The van der Waals surface area contributed by atoms with Gasteiger partial charge in [-0.2, -0.15) is 5.10 Å². The Kier molecular flexibility index (Phi) is 3.80. The maximum absolute atomic E-state index is 9.34. The van der Waals surface area contributed by atoms with Gasteiger partial charge in [-0.25, -0.2) is 0 Å². The standard InChI is InChI=1S/C12H21N3OS/c1-9-6-11(15(2)14-9)17-10-4-3-5-12(13,7-10)8-16/h6,10,16H,3-5,7-8,13H2,1-2H3. The first kappa shape index (κ1) is 12.9. The summed E-state index contributed by atoms with van der Waals surface area (Å²) in [6, 6.07) is 2.11. The van der Waals surface area contributed by atoms with Gasteiger partial charge in [0.05, 0.1) is 17.3 Å². The molecule has 96 valence electrons. The van der Waals surface area contributed by atoms with Crippen LogP contribution in [0, 0.1) is 6.92 Å². The molecule has 17 heavy (non-hydrogen) atoms. The lowest BCUT2D eigenvalue weighted by molar-refractivity contribution is 0.159. The van der Waals surface area contributed by atoms with Crippen LogP contribution in [0.3, 0.4) is 0 Å². The van der Waals surface area contributed by atoms with E-state index >= 15 is 0 Å². The first-order valence-electron chi connectivity index (χ1n) is 6.09. The molecule has 2 unspecified atom stereocenters. The number of hydrogen-bond donors (Lipinski definition) is 2. The van der Waals surface area contributed by atoms with Crippen LogP contribution in [0.25, 0.3) is 0 Å². The van der Waals surface area contributed by atoms with Crippen molar-refractivity contribution in [1.29, 1.82) is 0 Å². The molecule has 1 fully saturated rings. The zero-order valence-electron chi connectivity index (χ0n) is 10.5. The summed E-state index contributed by atoms with van der Waals surface area (Å²) in [7, 11) is 1.97. The lowest BCUT2D eigenvalue weighted by Crippen LogP contribution is -2.48. The summed E-state index contributed by atoms with van der Waals surface area (Å²) in [6.45, 7) is 2.10. The number of aliphatic hydroxyl groups excluding tert-OH is 1. The monoisotopic (exact) mass is 255 g/mol. The Labute approximate surface area is 107 Å². The first-order chi connectivity index (χ1) is 8.02. The summed E-state index contributed by atoms with van der Waals surface area (Å²) in [5, 5.41) is 15.4. The minimum Gasteiger partial charge on any atom is -0.394 e. The van der Waals surface area contributed by atoms with Gasteiger partial charge in [0.1, 0.15) is 0 Å². The van der Waals surface area contributed by atoms with Crippen LogP contribution in [0.15, 0.2) is 11.1 Å². The summed E-state index contributed by atoms with van der Waals surface area (Å²) in [5.41, 5.74) is 6.84. The Bertz CT molecular complexity index is 393. The maximum Gasteiger partial charge on any atom is 0.0942 e. The van der Waals surface area contributed by atoms with Crippen molar-refractivity contribution in [2.75, 3.05) is 6.61 Å². The van der Waals surface area contributed by atoms with Crippen LogP contribution in [-0.4, -0.2) is 32.3 Å². The van der Waals surface area contributed by atoms with Gasteiger partial charge < -0.3 is 10.8 Å². The molecule has 1 heterocycles. The number of nitrogens with two attached hydrogens (primary N) is 1. The fourth-order valence-corrected chi connectivity index (χ4v) is 3.92. The van der Waals surface area contributed by atoms with Crippen molar-refractivity contribution in [3.63, 3.8) is 0 Å². The van der Waals surface area contributed by atoms with E-state index in [1.54, 1.807) is 0 Å². The van der Waals surface area contributed by atoms with E-state index in [4.69, 9.17) is 5.73 Å². The lowest BCUT2D eigenvalue weighted by Gasteiger charge is -2.36. The molecule has 1 saturated carbocycles. The number of aliphatic hydroxyl groups is 1. The Hall–Kier alpha value is -0.520. The van der Waals surface area contributed by atoms with Crippen LogP contribution < -0.4 is 5.73 Å². The van der Waals surface area contributed by atoms with Crippen LogP contribution in [0.2, 0.25) is 0 Å². The van der Waals surface area contributed by atoms with Gasteiger partial charge in [0, 0.05) is 17.8 Å². The molecular weight excluding hydrogens is 234 g/mol. The van der Waals surface area contributed by atoms with Crippen molar-refractivity contribution in [3.05, 3.63) is 11.8 Å². The lowest BCUT2D eigenvalue weighted by atomic mass is 9.83. The Morgan fingerprint density at radius 2 is 2.47 bits per heavy atom. The van der Waals surface area contributed by atoms with Crippen LogP contribution in [0.4, 0.5) is 0 Å². The number of hydrogen-bond acceptors (Lipinski definition) is 4. The Morgan fingerprint density at radius 3 is 3.06 bits per heavy atom. The molecule has 0 aromatic carbocycles. The van der Waals surface area contributed by atoms with E-state index in [1.165, 1.54) is 11.4 Å². The highest BCUT2D eigenvalue weighted by atomic mass is 32.2. The van der Waals surface area contributed by atoms with E-state index < -0.39 is 0 Å². The van der Waals surface area contributed by atoms with Gasteiger partial charge in [-0.1, -0.05) is 6.42 Å². The van der Waals surface area contributed by atoms with Crippen molar-refractivity contribution in [3.8, 4) is 0 Å². The summed E-state index contributed by atoms with van der Waals surface area (Å²) in [4.78, 5) is 0. The van der Waals surface area contributed by atoms with E-state index in [-0.39, 0.29) is 12.1 Å². The van der Waals surface area contributed by atoms with Gasteiger partial charge in [-0.3, -0.25) is 4.68 Å². The molecule has 0 bridgehead atoms. The molecule has 1 aliphatic carbocycles. The Morgan fingerprint density at radius 1 is 1.71 bits per heavy atom. The zero-order valence-corrected chi connectivity index (χ0v) is 11.3. The summed E-state index contributed by atoms with van der Waals surface area (Å²) < 4.78 is 1.92. The van der Waals surface area contributed by atoms with Crippen LogP contribution in [0.5, 0.6) is 0 Å². The number of thioether (sulfide) groups is 1. The average molecular weight is 255 g/mol. The molecule has 1 aromatic rings. The minimum absolute atomic E-state index is 0.0917. The van der Waals surface area contributed by atoms with Crippen LogP contribution >= 0.6 is 11.8 Å². The number of aromatic nitrogens is 2. The SMILES string of the molecule is Cc1cc(SC2CCCC(N)(CO)C2)n(C)n1. The van der Waals surface area contributed by atoms with Crippen molar-refractivity contribution in [2.45, 2.75) is 48.4 Å². The molecule has 5 heteroatoms. The van der Waals surface area contributed by atoms with Gasteiger partial charge in [0.15, 0.2) is 0 Å². The summed E-state index contributed by atoms with van der Waals surface area (Å²) >= 11 is 1.84. The van der Waals surface area contributed by atoms with Crippen molar-refractivity contribution >= 4 is 11.8 Å². The van der Waals surface area contributed by atoms with Crippen LogP contribution in [-0.2, 0) is 7.05 Å². The van der Waals surface area contributed by atoms with Crippen LogP contribution in [0.1, 0.15) is 31.4 Å². The molecule has 0 spiro atoms. The minimum atomic E-state index is -0.371. The molecule has 0 saturated heterocycles. The molecule has 4 nitrogen and oxygen atoms in total. The normalized spacial score (nSPS) is 29.5. The highest BCUT2D eigenvalue weighted by Gasteiger charge is 2.32. The molecule has 2 atom stereocenters. The highest BCUT2D eigenvalue weighted by Crippen LogP contribution is 2.37. The van der Waals surface area contributed by atoms with E-state index in [1.807, 2.05) is 30.4 Å². The second-order valence-electron chi connectivity index (χ2n) is 5.10. The quantitative estimate of drug-likeness (QED) is 0.858. The zero-order chi connectivity index (χ0) is 12.5. The average Bonchev–Trinajstić information content (AvgIpc) is 2.58. The van der Waals surface area contributed by atoms with E-state index in [0.717, 1.165) is 25.0 Å². The topological polar surface area (TPSA) is 64.1 Å². The van der Waals surface area contributed by atoms with E-state index in [9.17, 15) is 5.11 Å². The van der Waals surface area contributed by atoms with Gasteiger partial charge in [0.2, 0.25) is 0 Å². The number of rotatable bonds is 3. The molecular formula is C12H21N3OS. The van der Waals surface area contributed by atoms with E-state index in [0.29, 0.717) is 5.25 Å². The summed E-state index contributed by atoms with van der Waals surface area (Å²) in [5.74, 6) is 0. The second kappa shape index (κ2) is 5.00. The van der Waals surface area contributed by atoms with Gasteiger partial charge in [0.25, 0.3) is 0 Å². The second-order valence-corrected chi connectivity index (χ2v) is 6.42. The van der Waals surface area contributed by atoms with Crippen molar-refractivity contribution in [1.82, 2.24) is 9.78 Å². The largest absolute Gasteiger partial charge is 0.394 e. The van der Waals surface area contributed by atoms with Gasteiger partial charge in [-0.05, 0) is 32.3 Å². The van der Waals surface area contributed by atoms with Crippen molar-refractivity contribution in [2.24, 2.45) is 12.8 Å². The number of nitrogens with zero attached hydrogens (tertiary/aromatic N) is 2. The fourth-order valence-electron chi connectivity index (χ4n) is 2.45. The molecule has 0 amide bonds. The highest BCUT2D eigenvalue weighted by molar-refractivity contribution is 7.99. The predicted octanol–water partition coefficient (Wildman–Crippen LogP) is 1.45. The third kappa shape index (κ3) is 3.03. The maximum atomic E-state index is 9.34. The molecule has 2 rings (SSSR count). The molecule has 1 aromatic heterocycles. The third-order valence-electron chi connectivity index (χ3n) is 3.40. The first-order valence-corrected chi connectivity index (χ1v) is 6.97. The predicted molar refractivity (Wildman–Crippen MR) is 70.1 cm³/mol. The number of aryl methyl sites for hydroxylation is 2. The molecule has 0 aliphatic heterocycles.